The van der Waals surface area contributed by atoms with Gasteiger partial charge >= 0.3 is 0 Å². The molecule has 0 unspecified atom stereocenters. The molecule has 14 heteroatoms. The molecule has 0 bridgehead atoms. The second-order valence-corrected chi connectivity index (χ2v) is 7.34. The number of amides is 2. The molecule has 32 heavy (non-hydrogen) atoms. The smallest absolute Gasteiger partial charge is 0.217 e. The summed E-state index contributed by atoms with van der Waals surface area (Å²) >= 11 is 0. The molecule has 188 valence electrons. The van der Waals surface area contributed by atoms with Crippen LogP contribution in [0, 0.1) is 0 Å². The molecule has 2 amide bonds. The molecular formula is C18H34N2O12. The van der Waals surface area contributed by atoms with E-state index in [-0.39, 0.29) is 11.8 Å². The van der Waals surface area contributed by atoms with Crippen molar-refractivity contribution in [2.45, 2.75) is 75.1 Å². The third-order valence-corrected chi connectivity index (χ3v) is 4.97. The van der Waals surface area contributed by atoms with E-state index in [4.69, 9.17) is 29.2 Å². The molecule has 0 saturated carbocycles. The van der Waals surface area contributed by atoms with Crippen molar-refractivity contribution in [3.63, 3.8) is 0 Å². The fraction of sp³-hybridized carbons (Fsp3) is 0.889. The second kappa shape index (κ2) is 13.3. The predicted octanol–water partition coefficient (Wildman–Crippen LogP) is -4.85. The molecule has 0 aromatic rings. The summed E-state index contributed by atoms with van der Waals surface area (Å²) in [4.78, 5) is 21.8. The van der Waals surface area contributed by atoms with Crippen LogP contribution in [0.5, 0.6) is 0 Å². The molecule has 0 spiro atoms. The maximum absolute atomic E-state index is 10.9. The van der Waals surface area contributed by atoms with Crippen LogP contribution in [0.25, 0.3) is 0 Å². The fourth-order valence-corrected chi connectivity index (χ4v) is 3.34. The maximum Gasteiger partial charge on any atom is 0.217 e. The standard InChI is InChI=1S/2C9H17NO6/c2*1-4(12)10-6-8(14)7(13)5(3-11)16-9(6)15-2/h2*5-9,11,13-14H,3H2,1-2H3,(H,10,12)/t2*5-,6-,7-,8+,9+/m11/s1. The number of nitrogens with one attached hydrogen (secondary N) is 2. The molecular weight excluding hydrogens is 436 g/mol. The summed E-state index contributed by atoms with van der Waals surface area (Å²) in [7, 11) is 2.69. The lowest BCUT2D eigenvalue weighted by Gasteiger charge is -2.41. The van der Waals surface area contributed by atoms with E-state index in [1.807, 2.05) is 0 Å². The van der Waals surface area contributed by atoms with Crippen molar-refractivity contribution in [2.75, 3.05) is 27.4 Å². The Balaban J connectivity index is 0.000000320. The first-order valence-corrected chi connectivity index (χ1v) is 9.86. The molecule has 0 aromatic heterocycles. The Morgan fingerprint density at radius 2 is 1.03 bits per heavy atom. The summed E-state index contributed by atoms with van der Waals surface area (Å²) in [5.74, 6) is -0.742. The Hall–Kier alpha value is -1.46. The molecule has 10 atom stereocenters. The first-order valence-electron chi connectivity index (χ1n) is 9.86. The summed E-state index contributed by atoms with van der Waals surface area (Å²) in [5, 5.41) is 61.4. The van der Waals surface area contributed by atoms with Gasteiger partial charge in [0.1, 0.15) is 48.7 Å². The highest BCUT2D eigenvalue weighted by Gasteiger charge is 2.45. The lowest BCUT2D eigenvalue weighted by molar-refractivity contribution is -0.262. The van der Waals surface area contributed by atoms with Gasteiger partial charge in [-0.1, -0.05) is 0 Å². The van der Waals surface area contributed by atoms with Crippen molar-refractivity contribution < 1.29 is 59.2 Å². The molecule has 2 fully saturated rings. The van der Waals surface area contributed by atoms with Gasteiger partial charge in [0, 0.05) is 28.1 Å². The number of aliphatic hydroxyl groups is 6. The van der Waals surface area contributed by atoms with Crippen LogP contribution in [0.3, 0.4) is 0 Å². The number of ether oxygens (including phenoxy) is 4. The van der Waals surface area contributed by atoms with Crippen LogP contribution in [0.4, 0.5) is 0 Å². The van der Waals surface area contributed by atoms with Crippen LogP contribution in [-0.4, -0.2) is 131 Å². The van der Waals surface area contributed by atoms with E-state index in [1.54, 1.807) is 0 Å². The van der Waals surface area contributed by atoms with Crippen LogP contribution < -0.4 is 10.6 Å². The number of hydrogen-bond acceptors (Lipinski definition) is 12. The fourth-order valence-electron chi connectivity index (χ4n) is 3.34. The number of carbonyl (C=O) groups excluding carboxylic acids is 2. The molecule has 0 radical (unpaired) electrons. The van der Waals surface area contributed by atoms with E-state index < -0.39 is 74.5 Å². The highest BCUT2D eigenvalue weighted by atomic mass is 16.7. The van der Waals surface area contributed by atoms with E-state index in [9.17, 15) is 30.0 Å². The first-order chi connectivity index (χ1) is 15.0. The third kappa shape index (κ3) is 7.28. The monoisotopic (exact) mass is 470 g/mol. The van der Waals surface area contributed by atoms with Gasteiger partial charge in [0.05, 0.1) is 13.2 Å². The van der Waals surface area contributed by atoms with E-state index in [2.05, 4.69) is 10.6 Å². The summed E-state index contributed by atoms with van der Waals surface area (Å²) in [6.07, 6.45) is -8.70. The summed E-state index contributed by atoms with van der Waals surface area (Å²) in [5.41, 5.74) is 0. The van der Waals surface area contributed by atoms with E-state index in [1.165, 1.54) is 28.1 Å². The van der Waals surface area contributed by atoms with Crippen molar-refractivity contribution in [1.82, 2.24) is 10.6 Å². The maximum atomic E-state index is 10.9. The lowest BCUT2D eigenvalue weighted by atomic mass is 9.97. The number of aliphatic hydroxyl groups excluding tert-OH is 6. The minimum atomic E-state index is -1.27. The van der Waals surface area contributed by atoms with Crippen molar-refractivity contribution in [3.05, 3.63) is 0 Å². The Kier molecular flexibility index (Phi) is 11.9. The summed E-state index contributed by atoms with van der Waals surface area (Å²) in [6, 6.07) is -1.72. The van der Waals surface area contributed by atoms with E-state index in [0.717, 1.165) is 0 Å². The van der Waals surface area contributed by atoms with Gasteiger partial charge in [-0.3, -0.25) is 9.59 Å². The van der Waals surface area contributed by atoms with Gasteiger partial charge < -0.3 is 60.2 Å². The van der Waals surface area contributed by atoms with E-state index >= 15 is 0 Å². The molecule has 8 N–H and O–H groups in total. The summed E-state index contributed by atoms with van der Waals surface area (Å²) in [6.45, 7) is 1.68. The Bertz CT molecular complexity index is 542. The molecule has 2 saturated heterocycles. The predicted molar refractivity (Wildman–Crippen MR) is 105 cm³/mol. The number of methoxy groups -OCH3 is 2. The SMILES string of the molecule is CO[C@H]1O[C@H](CO)[C@@H](O)[C@@H](O)[C@H]1NC(C)=O.CO[C@H]1O[C@H](CO)[C@@H](O)[C@@H](O)[C@H]1NC(C)=O. The van der Waals surface area contributed by atoms with Crippen LogP contribution in [0.1, 0.15) is 13.8 Å². The van der Waals surface area contributed by atoms with Gasteiger partial charge in [0.25, 0.3) is 0 Å². The lowest BCUT2D eigenvalue weighted by Crippen LogP contribution is -2.64. The number of hydrogen-bond donors (Lipinski definition) is 8. The second-order valence-electron chi connectivity index (χ2n) is 7.34. The van der Waals surface area contributed by atoms with Crippen molar-refractivity contribution >= 4 is 11.8 Å². The van der Waals surface area contributed by atoms with Gasteiger partial charge in [-0.15, -0.1) is 0 Å². The van der Waals surface area contributed by atoms with Crippen molar-refractivity contribution in [3.8, 4) is 0 Å². The molecule has 0 aromatic carbocycles. The average Bonchev–Trinajstić information content (AvgIpc) is 2.75. The third-order valence-electron chi connectivity index (χ3n) is 4.97. The minimum Gasteiger partial charge on any atom is -0.394 e. The van der Waals surface area contributed by atoms with Gasteiger partial charge in [0.15, 0.2) is 12.6 Å². The Labute approximate surface area is 185 Å². The zero-order valence-electron chi connectivity index (χ0n) is 18.3. The van der Waals surface area contributed by atoms with Gasteiger partial charge in [-0.05, 0) is 0 Å². The normalized spacial score (nSPS) is 39.4. The largest absolute Gasteiger partial charge is 0.394 e. The highest BCUT2D eigenvalue weighted by molar-refractivity contribution is 5.73. The number of carbonyl (C=O) groups is 2. The van der Waals surface area contributed by atoms with Gasteiger partial charge in [0.2, 0.25) is 11.8 Å². The van der Waals surface area contributed by atoms with E-state index in [0.29, 0.717) is 0 Å². The zero-order chi connectivity index (χ0) is 24.6. The van der Waals surface area contributed by atoms with Crippen molar-refractivity contribution in [1.29, 1.82) is 0 Å². The summed E-state index contributed by atoms with van der Waals surface area (Å²) < 4.78 is 20.2. The molecule has 14 nitrogen and oxygen atoms in total. The Morgan fingerprint density at radius 1 is 0.719 bits per heavy atom. The van der Waals surface area contributed by atoms with Crippen molar-refractivity contribution in [2.24, 2.45) is 0 Å². The minimum absolute atomic E-state index is 0.371. The van der Waals surface area contributed by atoms with Gasteiger partial charge in [-0.2, -0.15) is 0 Å². The zero-order valence-corrected chi connectivity index (χ0v) is 18.3. The molecule has 2 heterocycles. The topological polar surface area (TPSA) is 216 Å². The van der Waals surface area contributed by atoms with Crippen LogP contribution in [0.2, 0.25) is 0 Å². The Morgan fingerprint density at radius 3 is 1.25 bits per heavy atom. The quantitative estimate of drug-likeness (QED) is 0.183. The molecule has 0 aliphatic carbocycles. The molecule has 2 rings (SSSR count). The average molecular weight is 470 g/mol. The first kappa shape index (κ1) is 28.6. The van der Waals surface area contributed by atoms with Gasteiger partial charge in [-0.25, -0.2) is 0 Å². The van der Waals surface area contributed by atoms with Crippen LogP contribution in [0.15, 0.2) is 0 Å². The molecule has 2 aliphatic heterocycles. The molecule has 2 aliphatic rings. The van der Waals surface area contributed by atoms with Crippen LogP contribution >= 0.6 is 0 Å². The highest BCUT2D eigenvalue weighted by Crippen LogP contribution is 2.22. The van der Waals surface area contributed by atoms with Crippen LogP contribution in [-0.2, 0) is 28.5 Å². The number of rotatable bonds is 6.